The highest BCUT2D eigenvalue weighted by molar-refractivity contribution is 5.95. The number of rotatable bonds is 8. The van der Waals surface area contributed by atoms with Crippen LogP contribution in [0.25, 0.3) is 0 Å². The summed E-state index contributed by atoms with van der Waals surface area (Å²) in [5.74, 6) is 2.50. The average Bonchev–Trinajstić information content (AvgIpc) is 3.13. The Morgan fingerprint density at radius 3 is 2.43 bits per heavy atom. The maximum Gasteiger partial charge on any atom is 0.216 e. The van der Waals surface area contributed by atoms with Crippen molar-refractivity contribution in [3.05, 3.63) is 65.7 Å². The molecule has 0 N–H and O–H groups in total. The van der Waals surface area contributed by atoms with Crippen molar-refractivity contribution in [1.29, 1.82) is 0 Å². The SMILES string of the molecule is CC1(C)COC(c2ccc(OCCCC3CCN(Cc4ccccc4)CC3)cc2)=N1. The Labute approximate surface area is 180 Å². The molecule has 0 atom stereocenters. The third-order valence-electron chi connectivity index (χ3n) is 6.05. The molecular formula is C26H34N2O2. The summed E-state index contributed by atoms with van der Waals surface area (Å²) in [5.41, 5.74) is 2.32. The fourth-order valence-corrected chi connectivity index (χ4v) is 4.26. The summed E-state index contributed by atoms with van der Waals surface area (Å²) >= 11 is 0. The number of benzene rings is 2. The van der Waals surface area contributed by atoms with Gasteiger partial charge in [0, 0.05) is 12.1 Å². The third kappa shape index (κ3) is 5.85. The molecule has 2 aliphatic rings. The van der Waals surface area contributed by atoms with Crippen molar-refractivity contribution in [2.45, 2.75) is 51.6 Å². The predicted octanol–water partition coefficient (Wildman–Crippen LogP) is 5.31. The van der Waals surface area contributed by atoms with E-state index in [1.165, 1.54) is 37.9 Å². The lowest BCUT2D eigenvalue weighted by molar-refractivity contribution is 0.166. The second kappa shape index (κ2) is 9.65. The van der Waals surface area contributed by atoms with Gasteiger partial charge in [0.2, 0.25) is 5.90 Å². The number of aliphatic imine (C=N–C) groups is 1. The molecule has 1 saturated heterocycles. The van der Waals surface area contributed by atoms with Crippen molar-refractivity contribution in [2.75, 3.05) is 26.3 Å². The number of piperidine rings is 1. The average molecular weight is 407 g/mol. The van der Waals surface area contributed by atoms with Gasteiger partial charge in [-0.25, -0.2) is 4.99 Å². The zero-order valence-corrected chi connectivity index (χ0v) is 18.3. The number of likely N-dealkylation sites (tertiary alicyclic amines) is 1. The van der Waals surface area contributed by atoms with E-state index in [-0.39, 0.29) is 5.54 Å². The topological polar surface area (TPSA) is 34.1 Å². The second-order valence-electron chi connectivity index (χ2n) is 9.24. The van der Waals surface area contributed by atoms with Gasteiger partial charge in [-0.15, -0.1) is 0 Å². The molecule has 2 heterocycles. The monoisotopic (exact) mass is 406 g/mol. The predicted molar refractivity (Wildman–Crippen MR) is 122 cm³/mol. The van der Waals surface area contributed by atoms with E-state index in [9.17, 15) is 0 Å². The molecule has 0 spiro atoms. The van der Waals surface area contributed by atoms with E-state index in [2.05, 4.69) is 54.1 Å². The molecule has 2 aliphatic heterocycles. The molecule has 30 heavy (non-hydrogen) atoms. The Morgan fingerprint density at radius 2 is 1.77 bits per heavy atom. The van der Waals surface area contributed by atoms with Crippen molar-refractivity contribution in [3.63, 3.8) is 0 Å². The molecule has 2 aromatic carbocycles. The molecule has 0 saturated carbocycles. The first-order valence-electron chi connectivity index (χ1n) is 11.3. The van der Waals surface area contributed by atoms with E-state index in [4.69, 9.17) is 9.47 Å². The van der Waals surface area contributed by atoms with Gasteiger partial charge >= 0.3 is 0 Å². The number of ether oxygens (including phenoxy) is 2. The molecule has 4 heteroatoms. The van der Waals surface area contributed by atoms with Crippen LogP contribution in [0.3, 0.4) is 0 Å². The minimum absolute atomic E-state index is 0.123. The Balaban J connectivity index is 1.13. The van der Waals surface area contributed by atoms with E-state index in [0.717, 1.165) is 42.7 Å². The highest BCUT2D eigenvalue weighted by Crippen LogP contribution is 2.24. The molecule has 0 unspecified atom stereocenters. The zero-order valence-electron chi connectivity index (χ0n) is 18.3. The normalized spacial score (nSPS) is 19.3. The zero-order chi connectivity index (χ0) is 20.8. The van der Waals surface area contributed by atoms with Gasteiger partial charge in [0.1, 0.15) is 12.4 Å². The molecule has 1 fully saturated rings. The lowest BCUT2D eigenvalue weighted by Crippen LogP contribution is -2.33. The van der Waals surface area contributed by atoms with Crippen LogP contribution in [0.1, 0.15) is 50.7 Å². The van der Waals surface area contributed by atoms with E-state index in [1.54, 1.807) is 0 Å². The van der Waals surface area contributed by atoms with Gasteiger partial charge in [-0.1, -0.05) is 30.3 Å². The molecule has 2 aromatic rings. The molecule has 160 valence electrons. The first kappa shape index (κ1) is 20.9. The van der Waals surface area contributed by atoms with Crippen molar-refractivity contribution >= 4 is 5.90 Å². The van der Waals surface area contributed by atoms with Crippen molar-refractivity contribution in [3.8, 4) is 5.75 Å². The van der Waals surface area contributed by atoms with E-state index < -0.39 is 0 Å². The van der Waals surface area contributed by atoms with Crippen molar-refractivity contribution in [2.24, 2.45) is 10.9 Å². The molecule has 0 aromatic heterocycles. The summed E-state index contributed by atoms with van der Waals surface area (Å²) in [6.07, 6.45) is 4.99. The quantitative estimate of drug-likeness (QED) is 0.557. The number of hydrogen-bond acceptors (Lipinski definition) is 4. The largest absolute Gasteiger partial charge is 0.494 e. The summed E-state index contributed by atoms with van der Waals surface area (Å²) in [6, 6.07) is 18.9. The maximum absolute atomic E-state index is 5.96. The van der Waals surface area contributed by atoms with Crippen LogP contribution in [-0.4, -0.2) is 42.6 Å². The summed E-state index contributed by atoms with van der Waals surface area (Å²) in [6.45, 7) is 9.12. The van der Waals surface area contributed by atoms with Crippen LogP contribution in [0.15, 0.2) is 59.6 Å². The fraction of sp³-hybridized carbons (Fsp3) is 0.500. The molecule has 0 bridgehead atoms. The number of hydrogen-bond donors (Lipinski definition) is 0. The molecule has 0 radical (unpaired) electrons. The van der Waals surface area contributed by atoms with Gasteiger partial charge in [-0.3, -0.25) is 4.90 Å². The molecule has 4 rings (SSSR count). The lowest BCUT2D eigenvalue weighted by atomic mass is 9.92. The first-order valence-corrected chi connectivity index (χ1v) is 11.3. The first-order chi connectivity index (χ1) is 14.6. The second-order valence-corrected chi connectivity index (χ2v) is 9.24. The Kier molecular flexibility index (Phi) is 6.73. The molecule has 0 aliphatic carbocycles. The smallest absolute Gasteiger partial charge is 0.216 e. The molecular weight excluding hydrogens is 372 g/mol. The van der Waals surface area contributed by atoms with E-state index in [0.29, 0.717) is 6.61 Å². The summed E-state index contributed by atoms with van der Waals surface area (Å²) < 4.78 is 11.7. The lowest BCUT2D eigenvalue weighted by Gasteiger charge is -2.32. The summed E-state index contributed by atoms with van der Waals surface area (Å²) in [4.78, 5) is 7.21. The van der Waals surface area contributed by atoms with E-state index in [1.807, 2.05) is 24.3 Å². The van der Waals surface area contributed by atoms with Gasteiger partial charge in [0.25, 0.3) is 0 Å². The number of nitrogens with zero attached hydrogens (tertiary/aromatic N) is 2. The van der Waals surface area contributed by atoms with Crippen LogP contribution >= 0.6 is 0 Å². The van der Waals surface area contributed by atoms with Crippen LogP contribution in [0.4, 0.5) is 0 Å². The summed E-state index contributed by atoms with van der Waals surface area (Å²) in [7, 11) is 0. The van der Waals surface area contributed by atoms with Crippen molar-refractivity contribution < 1.29 is 9.47 Å². The van der Waals surface area contributed by atoms with Gasteiger partial charge in [0.05, 0.1) is 12.1 Å². The van der Waals surface area contributed by atoms with Crippen LogP contribution in [0.5, 0.6) is 5.75 Å². The maximum atomic E-state index is 5.96. The van der Waals surface area contributed by atoms with Crippen molar-refractivity contribution in [1.82, 2.24) is 4.90 Å². The summed E-state index contributed by atoms with van der Waals surface area (Å²) in [5, 5.41) is 0. The standard InChI is InChI=1S/C26H34N2O2/c1-26(2)20-30-25(27-26)23-10-12-24(13-11-23)29-18-6-9-21-14-16-28(17-15-21)19-22-7-4-3-5-8-22/h3-5,7-8,10-13,21H,6,9,14-20H2,1-2H3. The van der Waals surface area contributed by atoms with Gasteiger partial charge < -0.3 is 9.47 Å². The minimum Gasteiger partial charge on any atom is -0.494 e. The highest BCUT2D eigenvalue weighted by Gasteiger charge is 2.26. The van der Waals surface area contributed by atoms with Gasteiger partial charge in [0.15, 0.2) is 0 Å². The van der Waals surface area contributed by atoms with Crippen LogP contribution in [-0.2, 0) is 11.3 Å². The van der Waals surface area contributed by atoms with Gasteiger partial charge in [-0.05, 0) is 88.4 Å². The Morgan fingerprint density at radius 1 is 1.03 bits per heavy atom. The molecule has 0 amide bonds. The van der Waals surface area contributed by atoms with E-state index >= 15 is 0 Å². The fourth-order valence-electron chi connectivity index (χ4n) is 4.26. The van der Waals surface area contributed by atoms with Gasteiger partial charge in [-0.2, -0.15) is 0 Å². The minimum atomic E-state index is -0.123. The Hall–Kier alpha value is -2.33. The van der Waals surface area contributed by atoms with Crippen LogP contribution < -0.4 is 4.74 Å². The molecule has 4 nitrogen and oxygen atoms in total. The van der Waals surface area contributed by atoms with Crippen LogP contribution in [0.2, 0.25) is 0 Å². The van der Waals surface area contributed by atoms with Crippen LogP contribution in [0, 0.1) is 5.92 Å². The highest BCUT2D eigenvalue weighted by atomic mass is 16.5. The third-order valence-corrected chi connectivity index (χ3v) is 6.05. The Bertz CT molecular complexity index is 822.